The third kappa shape index (κ3) is 3.72. The molecule has 1 heterocycles. The first-order chi connectivity index (χ1) is 7.15. The second-order valence-electron chi connectivity index (χ2n) is 3.36. The molecule has 0 spiro atoms. The molecule has 0 aliphatic carbocycles. The fourth-order valence-electron chi connectivity index (χ4n) is 1.34. The number of hydrogen-bond donors (Lipinski definition) is 0. The number of allylic oxidation sites excluding steroid dienone is 2. The Bertz CT molecular complexity index is 280. The molecular formula is C11H17NO2S. The number of thioether (sulfide) groups is 1. The van der Waals surface area contributed by atoms with Crippen molar-refractivity contribution >= 4 is 17.7 Å². The molecule has 1 rings (SSSR count). The highest BCUT2D eigenvalue weighted by Crippen LogP contribution is 2.25. The molecule has 1 aliphatic rings. The van der Waals surface area contributed by atoms with E-state index in [9.17, 15) is 4.79 Å². The van der Waals surface area contributed by atoms with Crippen molar-refractivity contribution in [2.45, 2.75) is 13.8 Å². The highest BCUT2D eigenvalue weighted by Gasteiger charge is 2.20. The first-order valence-electron chi connectivity index (χ1n) is 5.02. The van der Waals surface area contributed by atoms with Crippen LogP contribution in [0.3, 0.4) is 0 Å². The summed E-state index contributed by atoms with van der Waals surface area (Å²) in [6, 6.07) is 0. The van der Waals surface area contributed by atoms with E-state index in [4.69, 9.17) is 4.74 Å². The average Bonchev–Trinajstić information content (AvgIpc) is 2.26. The SMILES string of the molecule is C=C(C)S/C(=C\C)C(=O)N1CCOCC1. The molecule has 0 unspecified atom stereocenters. The molecule has 0 atom stereocenters. The summed E-state index contributed by atoms with van der Waals surface area (Å²) >= 11 is 1.44. The Labute approximate surface area is 95.2 Å². The van der Waals surface area contributed by atoms with Crippen LogP contribution in [0.2, 0.25) is 0 Å². The first kappa shape index (κ1) is 12.3. The van der Waals surface area contributed by atoms with Gasteiger partial charge in [-0.25, -0.2) is 0 Å². The van der Waals surface area contributed by atoms with Gasteiger partial charge in [-0.3, -0.25) is 4.79 Å². The van der Waals surface area contributed by atoms with Gasteiger partial charge < -0.3 is 9.64 Å². The lowest BCUT2D eigenvalue weighted by Crippen LogP contribution is -2.41. The van der Waals surface area contributed by atoms with E-state index in [1.165, 1.54) is 11.8 Å². The molecule has 0 aromatic rings. The van der Waals surface area contributed by atoms with Crippen LogP contribution < -0.4 is 0 Å². The van der Waals surface area contributed by atoms with Crippen LogP contribution in [-0.4, -0.2) is 37.1 Å². The normalized spacial score (nSPS) is 17.7. The van der Waals surface area contributed by atoms with Gasteiger partial charge in [0.05, 0.1) is 18.1 Å². The number of rotatable bonds is 3. The van der Waals surface area contributed by atoms with Gasteiger partial charge in [0.15, 0.2) is 0 Å². The summed E-state index contributed by atoms with van der Waals surface area (Å²) in [4.78, 5) is 15.5. The Morgan fingerprint density at radius 1 is 1.47 bits per heavy atom. The van der Waals surface area contributed by atoms with Crippen molar-refractivity contribution in [3.63, 3.8) is 0 Å². The van der Waals surface area contributed by atoms with E-state index in [-0.39, 0.29) is 5.91 Å². The predicted molar refractivity (Wildman–Crippen MR) is 63.6 cm³/mol. The number of carbonyl (C=O) groups is 1. The van der Waals surface area contributed by atoms with Gasteiger partial charge in [-0.2, -0.15) is 0 Å². The smallest absolute Gasteiger partial charge is 0.260 e. The van der Waals surface area contributed by atoms with Gasteiger partial charge in [0, 0.05) is 13.1 Å². The minimum absolute atomic E-state index is 0.0915. The molecule has 1 amide bonds. The Morgan fingerprint density at radius 3 is 2.53 bits per heavy atom. The van der Waals surface area contributed by atoms with E-state index < -0.39 is 0 Å². The van der Waals surface area contributed by atoms with E-state index >= 15 is 0 Å². The number of ether oxygens (including phenoxy) is 1. The van der Waals surface area contributed by atoms with Crippen LogP contribution >= 0.6 is 11.8 Å². The molecular weight excluding hydrogens is 210 g/mol. The van der Waals surface area contributed by atoms with Crippen LogP contribution in [0.25, 0.3) is 0 Å². The average molecular weight is 227 g/mol. The molecule has 84 valence electrons. The van der Waals surface area contributed by atoms with E-state index in [2.05, 4.69) is 6.58 Å². The molecule has 4 heteroatoms. The zero-order chi connectivity index (χ0) is 11.3. The van der Waals surface area contributed by atoms with Gasteiger partial charge in [0.25, 0.3) is 5.91 Å². The van der Waals surface area contributed by atoms with Crippen molar-refractivity contribution in [2.75, 3.05) is 26.3 Å². The van der Waals surface area contributed by atoms with Crippen LogP contribution in [0, 0.1) is 0 Å². The van der Waals surface area contributed by atoms with Crippen molar-refractivity contribution in [2.24, 2.45) is 0 Å². The van der Waals surface area contributed by atoms with Gasteiger partial charge in [0.2, 0.25) is 0 Å². The van der Waals surface area contributed by atoms with Crippen LogP contribution in [0.4, 0.5) is 0 Å². The number of hydrogen-bond acceptors (Lipinski definition) is 3. The summed E-state index contributed by atoms with van der Waals surface area (Å²) < 4.78 is 5.21. The zero-order valence-electron chi connectivity index (χ0n) is 9.28. The third-order valence-corrected chi connectivity index (χ3v) is 3.03. The Balaban J connectivity index is 2.59. The fraction of sp³-hybridized carbons (Fsp3) is 0.545. The van der Waals surface area contributed by atoms with Gasteiger partial charge in [-0.15, -0.1) is 0 Å². The van der Waals surface area contributed by atoms with Crippen molar-refractivity contribution in [1.82, 2.24) is 4.90 Å². The molecule has 15 heavy (non-hydrogen) atoms. The molecule has 1 aliphatic heterocycles. The first-order valence-corrected chi connectivity index (χ1v) is 5.83. The second kappa shape index (κ2) is 5.98. The number of amides is 1. The molecule has 1 fully saturated rings. The number of nitrogens with zero attached hydrogens (tertiary/aromatic N) is 1. The molecule has 0 radical (unpaired) electrons. The summed E-state index contributed by atoms with van der Waals surface area (Å²) in [6.45, 7) is 10.2. The highest BCUT2D eigenvalue weighted by atomic mass is 32.2. The van der Waals surface area contributed by atoms with Crippen molar-refractivity contribution < 1.29 is 9.53 Å². The second-order valence-corrected chi connectivity index (χ2v) is 4.70. The fourth-order valence-corrected chi connectivity index (χ4v) is 2.05. The van der Waals surface area contributed by atoms with Crippen molar-refractivity contribution in [3.8, 4) is 0 Å². The van der Waals surface area contributed by atoms with Crippen LogP contribution in [-0.2, 0) is 9.53 Å². The number of carbonyl (C=O) groups excluding carboxylic acids is 1. The maximum Gasteiger partial charge on any atom is 0.260 e. The van der Waals surface area contributed by atoms with Crippen molar-refractivity contribution in [3.05, 3.63) is 22.5 Å². The topological polar surface area (TPSA) is 29.5 Å². The summed E-state index contributed by atoms with van der Waals surface area (Å²) in [7, 11) is 0. The summed E-state index contributed by atoms with van der Waals surface area (Å²) in [6.07, 6.45) is 1.84. The summed E-state index contributed by atoms with van der Waals surface area (Å²) in [5, 5.41) is 0. The largest absolute Gasteiger partial charge is 0.378 e. The van der Waals surface area contributed by atoms with Crippen molar-refractivity contribution in [1.29, 1.82) is 0 Å². The van der Waals surface area contributed by atoms with E-state index in [0.29, 0.717) is 26.3 Å². The Hall–Kier alpha value is -0.740. The highest BCUT2D eigenvalue weighted by molar-refractivity contribution is 8.07. The minimum Gasteiger partial charge on any atom is -0.378 e. The van der Waals surface area contributed by atoms with Gasteiger partial charge in [-0.05, 0) is 18.8 Å². The lowest BCUT2D eigenvalue weighted by atomic mass is 10.3. The molecule has 0 bridgehead atoms. The Kier molecular flexibility index (Phi) is 4.91. The molecule has 1 saturated heterocycles. The quantitative estimate of drug-likeness (QED) is 0.691. The summed E-state index contributed by atoms with van der Waals surface area (Å²) in [5.74, 6) is 0.0915. The summed E-state index contributed by atoms with van der Waals surface area (Å²) in [5.41, 5.74) is 0. The maximum absolute atomic E-state index is 12.0. The molecule has 0 N–H and O–H groups in total. The van der Waals surface area contributed by atoms with Crippen LogP contribution in [0.5, 0.6) is 0 Å². The zero-order valence-corrected chi connectivity index (χ0v) is 10.1. The van der Waals surface area contributed by atoms with Crippen LogP contribution in [0.1, 0.15) is 13.8 Å². The number of morpholine rings is 1. The van der Waals surface area contributed by atoms with Gasteiger partial charge in [-0.1, -0.05) is 24.4 Å². The molecule has 0 aromatic carbocycles. The molecule has 0 saturated carbocycles. The van der Waals surface area contributed by atoms with E-state index in [1.54, 1.807) is 0 Å². The van der Waals surface area contributed by atoms with Crippen LogP contribution in [0.15, 0.2) is 22.5 Å². The van der Waals surface area contributed by atoms with E-state index in [1.807, 2.05) is 24.8 Å². The van der Waals surface area contributed by atoms with Gasteiger partial charge >= 0.3 is 0 Å². The lowest BCUT2D eigenvalue weighted by molar-refractivity contribution is -0.130. The maximum atomic E-state index is 12.0. The predicted octanol–water partition coefficient (Wildman–Crippen LogP) is 2.02. The Morgan fingerprint density at radius 2 is 2.07 bits per heavy atom. The molecule has 3 nitrogen and oxygen atoms in total. The standard InChI is InChI=1S/C11H17NO2S/c1-4-10(15-9(2)3)11(13)12-5-7-14-8-6-12/h4H,2,5-8H2,1,3H3/b10-4-. The van der Waals surface area contributed by atoms with Gasteiger partial charge in [0.1, 0.15) is 0 Å². The van der Waals surface area contributed by atoms with E-state index in [0.717, 1.165) is 9.81 Å². The minimum atomic E-state index is 0.0915. The third-order valence-electron chi connectivity index (χ3n) is 2.06. The molecule has 0 aromatic heterocycles. The monoisotopic (exact) mass is 227 g/mol. The lowest BCUT2D eigenvalue weighted by Gasteiger charge is -2.27.